The zero-order chi connectivity index (χ0) is 29.9. The maximum absolute atomic E-state index is 11.5. The van der Waals surface area contributed by atoms with E-state index in [1.165, 1.54) is 12.8 Å². The molecule has 4 aromatic heterocycles. The Hall–Kier alpha value is -1.36. The summed E-state index contributed by atoms with van der Waals surface area (Å²) in [6.45, 7) is 10.4. The van der Waals surface area contributed by atoms with Gasteiger partial charge in [0.25, 0.3) is 5.56 Å². The van der Waals surface area contributed by atoms with Crippen molar-refractivity contribution in [1.82, 2.24) is 39.8 Å². The van der Waals surface area contributed by atoms with Crippen LogP contribution in [0.4, 0.5) is 0 Å². The monoisotopic (exact) mass is 698 g/mol. The first-order chi connectivity index (χ1) is 19.3. The van der Waals surface area contributed by atoms with E-state index in [4.69, 9.17) is 11.6 Å². The van der Waals surface area contributed by atoms with E-state index in [-0.39, 0.29) is 18.0 Å². The number of rotatable bonds is 2. The summed E-state index contributed by atoms with van der Waals surface area (Å²) in [6.07, 6.45) is 8.43. The molecular formula is C26H36Cl5N8O2P. The average Bonchev–Trinajstić information content (AvgIpc) is 3.48. The van der Waals surface area contributed by atoms with E-state index in [9.17, 15) is 9.36 Å². The van der Waals surface area contributed by atoms with Gasteiger partial charge in [-0.2, -0.15) is 10.2 Å². The second kappa shape index (κ2) is 15.1. The van der Waals surface area contributed by atoms with Gasteiger partial charge in [-0.25, -0.2) is 14.0 Å². The smallest absolute Gasteiger partial charge is 0.308 e. The predicted molar refractivity (Wildman–Crippen MR) is 174 cm³/mol. The lowest BCUT2D eigenvalue weighted by Gasteiger charge is -2.26. The number of halogens is 5. The number of H-pyrrole nitrogens is 1. The Morgan fingerprint density at radius 3 is 1.88 bits per heavy atom. The summed E-state index contributed by atoms with van der Waals surface area (Å²) >= 11 is 19.9. The van der Waals surface area contributed by atoms with Gasteiger partial charge in [0.2, 0.25) is 0 Å². The highest BCUT2D eigenvalue weighted by molar-refractivity contribution is 8.24. The van der Waals surface area contributed by atoms with Gasteiger partial charge in [-0.3, -0.25) is 9.36 Å². The van der Waals surface area contributed by atoms with Gasteiger partial charge < -0.3 is 15.6 Å². The molecule has 0 amide bonds. The molecule has 2 aliphatic rings. The summed E-state index contributed by atoms with van der Waals surface area (Å²) in [4.78, 5) is 18.7. The molecule has 6 rings (SSSR count). The van der Waals surface area contributed by atoms with E-state index in [0.717, 1.165) is 66.0 Å². The molecule has 4 aromatic rings. The molecule has 0 saturated carbocycles. The van der Waals surface area contributed by atoms with Crippen LogP contribution >= 0.6 is 62.9 Å². The van der Waals surface area contributed by atoms with Gasteiger partial charge >= 0.3 is 5.20 Å². The van der Waals surface area contributed by atoms with Crippen molar-refractivity contribution in [3.05, 3.63) is 62.5 Å². The van der Waals surface area contributed by atoms with Crippen LogP contribution < -0.4 is 16.2 Å². The number of nitrogens with one attached hydrogen (secondary N) is 3. The summed E-state index contributed by atoms with van der Waals surface area (Å²) in [7, 11) is 0. The Labute approximate surface area is 270 Å². The molecule has 2 saturated heterocycles. The van der Waals surface area contributed by atoms with Gasteiger partial charge in [0.1, 0.15) is 10.8 Å². The zero-order valence-electron chi connectivity index (χ0n) is 23.8. The quantitative estimate of drug-likeness (QED) is 0.147. The van der Waals surface area contributed by atoms with Crippen molar-refractivity contribution >= 4 is 74.2 Å². The number of piperidine rings is 2. The van der Waals surface area contributed by atoms with Crippen molar-refractivity contribution in [3.8, 4) is 0 Å². The molecule has 0 aliphatic carbocycles. The number of aromatic nitrogens is 6. The van der Waals surface area contributed by atoms with E-state index in [1.807, 2.05) is 29.8 Å². The summed E-state index contributed by atoms with van der Waals surface area (Å²) in [5.74, 6) is 1.49. The lowest BCUT2D eigenvalue weighted by Crippen LogP contribution is -2.32. The highest BCUT2D eigenvalue weighted by atomic mass is 36.0. The average molecular weight is 701 g/mol. The van der Waals surface area contributed by atoms with Crippen LogP contribution in [0, 0.1) is 25.7 Å². The Bertz CT molecular complexity index is 1540. The van der Waals surface area contributed by atoms with Gasteiger partial charge in [0.15, 0.2) is 5.65 Å². The molecule has 0 unspecified atom stereocenters. The third kappa shape index (κ3) is 9.83. The second-order valence-corrected chi connectivity index (χ2v) is 17.9. The molecule has 3 N–H and O–H groups in total. The highest BCUT2D eigenvalue weighted by Crippen LogP contribution is 2.61. The molecule has 0 aromatic carbocycles. The normalized spacial score (nSPS) is 22.5. The van der Waals surface area contributed by atoms with Gasteiger partial charge in [0.05, 0.1) is 23.5 Å². The van der Waals surface area contributed by atoms with Crippen LogP contribution in [-0.2, 0) is 4.57 Å². The largest absolute Gasteiger partial charge is 0.339 e. The standard InChI is InChI=1S/C13H17ClN4.C13H18N4O.Cl3OP.ClH/c1-8-3-4-10(15-6-8)11-5-12-16-13(14)9(2)7-18(12)17-11;1-8-3-4-10(14-6-8)11-5-12-15-13(18)9(2)7-17(12)16-11;1-5(2,3)4;/h5,7-8,10,15H,3-4,6H2,1-2H3;5,7-8,10,14H,3-4,6H2,1-2H3,(H,15,18);;1H/t2*8-,10-;;/m00../s1. The molecule has 2 aliphatic heterocycles. The van der Waals surface area contributed by atoms with Gasteiger partial charge in [-0.15, -0.1) is 12.4 Å². The molecule has 16 heteroatoms. The summed E-state index contributed by atoms with van der Waals surface area (Å²) < 4.78 is 13.1. The highest BCUT2D eigenvalue weighted by Gasteiger charge is 2.22. The summed E-state index contributed by atoms with van der Waals surface area (Å²) in [5.41, 5.74) is 5.26. The summed E-state index contributed by atoms with van der Waals surface area (Å²) in [5, 5.41) is 13.5. The fourth-order valence-corrected chi connectivity index (χ4v) is 5.05. The number of hydrogen-bond acceptors (Lipinski definition) is 7. The Morgan fingerprint density at radius 2 is 1.36 bits per heavy atom. The molecule has 0 radical (unpaired) electrons. The van der Waals surface area contributed by atoms with Crippen molar-refractivity contribution in [2.24, 2.45) is 11.8 Å². The fraction of sp³-hybridized carbons (Fsp3) is 0.538. The van der Waals surface area contributed by atoms with Gasteiger partial charge in [-0.1, -0.05) is 25.4 Å². The Balaban J connectivity index is 0.000000195. The van der Waals surface area contributed by atoms with Crippen molar-refractivity contribution in [2.45, 2.75) is 65.5 Å². The Morgan fingerprint density at radius 1 is 0.857 bits per heavy atom. The first-order valence-corrected chi connectivity index (χ1v) is 18.3. The number of nitrogens with zero attached hydrogens (tertiary/aromatic N) is 5. The van der Waals surface area contributed by atoms with Crippen molar-refractivity contribution in [3.63, 3.8) is 0 Å². The SMILES string of the molecule is Cc1cn2nc([C@@H]3CC[C@H](C)CN3)cc2[nH]c1=O.Cc1cn2nc([C@@H]3CC[C@H](C)CN3)cc2nc1Cl.Cl.O=P(Cl)(Cl)Cl. The van der Waals surface area contributed by atoms with E-state index >= 15 is 0 Å². The maximum Gasteiger partial charge on any atom is 0.339 e. The minimum Gasteiger partial charge on any atom is -0.308 e. The molecule has 10 nitrogen and oxygen atoms in total. The topological polar surface area (TPSA) is 121 Å². The van der Waals surface area contributed by atoms with E-state index in [2.05, 4.69) is 78.4 Å². The van der Waals surface area contributed by atoms with E-state index in [1.54, 1.807) is 17.6 Å². The van der Waals surface area contributed by atoms with Crippen LogP contribution in [0.3, 0.4) is 0 Å². The lowest BCUT2D eigenvalue weighted by molar-refractivity contribution is 0.328. The minimum absolute atomic E-state index is 0. The molecule has 4 atom stereocenters. The first kappa shape index (κ1) is 35.1. The van der Waals surface area contributed by atoms with Crippen LogP contribution in [0.5, 0.6) is 0 Å². The van der Waals surface area contributed by atoms with E-state index in [0.29, 0.717) is 22.8 Å². The number of aryl methyl sites for hydroxylation is 2. The van der Waals surface area contributed by atoms with Crippen molar-refractivity contribution < 1.29 is 4.57 Å². The van der Waals surface area contributed by atoms with Crippen molar-refractivity contribution in [2.75, 3.05) is 13.1 Å². The predicted octanol–water partition coefficient (Wildman–Crippen LogP) is 7.38. The zero-order valence-corrected chi connectivity index (χ0v) is 28.5. The van der Waals surface area contributed by atoms with Crippen LogP contribution in [0.15, 0.2) is 29.3 Å². The molecule has 232 valence electrons. The minimum atomic E-state index is -3.22. The molecule has 42 heavy (non-hydrogen) atoms. The number of hydrogen-bond donors (Lipinski definition) is 3. The maximum atomic E-state index is 11.5. The molecule has 0 spiro atoms. The van der Waals surface area contributed by atoms with Crippen LogP contribution in [0.2, 0.25) is 5.15 Å². The van der Waals surface area contributed by atoms with Crippen LogP contribution in [-0.4, -0.2) is 42.3 Å². The molecular weight excluding hydrogens is 665 g/mol. The van der Waals surface area contributed by atoms with E-state index < -0.39 is 5.20 Å². The van der Waals surface area contributed by atoms with Gasteiger partial charge in [-0.05, 0) is 98.2 Å². The lowest BCUT2D eigenvalue weighted by atomic mass is 9.95. The van der Waals surface area contributed by atoms with Crippen LogP contribution in [0.25, 0.3) is 11.3 Å². The van der Waals surface area contributed by atoms with Gasteiger partial charge in [0, 0.05) is 35.7 Å². The molecule has 0 bridgehead atoms. The third-order valence-corrected chi connectivity index (χ3v) is 7.68. The molecule has 2 fully saturated rings. The molecule has 6 heterocycles. The number of fused-ring (bicyclic) bond motifs is 2. The third-order valence-electron chi connectivity index (χ3n) is 7.30. The second-order valence-electron chi connectivity index (χ2n) is 10.9. The fourth-order valence-electron chi connectivity index (χ4n) is 4.91. The first-order valence-electron chi connectivity index (χ1n) is 13.5. The summed E-state index contributed by atoms with van der Waals surface area (Å²) in [6, 6.07) is 4.65. The Kier molecular flexibility index (Phi) is 12.6. The van der Waals surface area contributed by atoms with Crippen molar-refractivity contribution in [1.29, 1.82) is 0 Å². The number of aromatic amines is 1. The van der Waals surface area contributed by atoms with Crippen LogP contribution in [0.1, 0.15) is 74.1 Å².